The van der Waals surface area contributed by atoms with Crippen LogP contribution < -0.4 is 5.30 Å². The number of halogens is 1. The average Bonchev–Trinajstić information content (AvgIpc) is 2.29. The number of benzene rings is 2. The summed E-state index contributed by atoms with van der Waals surface area (Å²) >= 11 is 3.42. The number of hydrogen-bond acceptors (Lipinski definition) is 1. The Morgan fingerprint density at radius 2 is 1.24 bits per heavy atom. The quantitative estimate of drug-likeness (QED) is 0.753. The fraction of sp³-hybridized carbons (Fsp3) is 0.143. The topological polar surface area (TPSA) is 17.1 Å². The maximum Gasteiger partial charge on any atom is 0.109 e. The second-order valence-electron chi connectivity index (χ2n) is 4.40. The number of hydrogen-bond donors (Lipinski definition) is 0. The Morgan fingerprint density at radius 3 is 1.65 bits per heavy atom. The fourth-order valence-corrected chi connectivity index (χ4v) is 2.79. The van der Waals surface area contributed by atoms with Crippen LogP contribution in [0.5, 0.6) is 0 Å². The highest BCUT2D eigenvalue weighted by Crippen LogP contribution is 2.35. The molecule has 0 N–H and O–H groups in total. The lowest BCUT2D eigenvalue weighted by Crippen LogP contribution is -2.01. The van der Waals surface area contributed by atoms with E-state index >= 15 is 0 Å². The molecular formula is C14H14BrOP. The van der Waals surface area contributed by atoms with Gasteiger partial charge in [-0.25, -0.2) is 0 Å². The highest BCUT2D eigenvalue weighted by atomic mass is 79.9. The third-order valence-electron chi connectivity index (χ3n) is 2.67. The molecule has 3 heteroatoms. The highest BCUT2D eigenvalue weighted by molar-refractivity contribution is 9.10. The molecule has 0 amide bonds. The van der Waals surface area contributed by atoms with Crippen LogP contribution in [0.2, 0.25) is 0 Å². The average molecular weight is 309 g/mol. The van der Waals surface area contributed by atoms with Crippen LogP contribution in [-0.2, 0) is 4.57 Å². The zero-order valence-electron chi connectivity index (χ0n) is 9.85. The van der Waals surface area contributed by atoms with Gasteiger partial charge in [-0.1, -0.05) is 52.3 Å². The van der Waals surface area contributed by atoms with Crippen LogP contribution >= 0.6 is 23.1 Å². The van der Waals surface area contributed by atoms with E-state index in [0.29, 0.717) is 0 Å². The first-order valence-corrected chi connectivity index (χ1v) is 8.78. The largest absolute Gasteiger partial charge is 0.319 e. The lowest BCUT2D eigenvalue weighted by Gasteiger charge is -2.08. The van der Waals surface area contributed by atoms with Crippen molar-refractivity contribution in [2.75, 3.05) is 13.3 Å². The van der Waals surface area contributed by atoms with E-state index in [1.807, 2.05) is 36.4 Å². The fourth-order valence-electron chi connectivity index (χ4n) is 1.66. The molecule has 2 aromatic rings. The van der Waals surface area contributed by atoms with E-state index in [1.54, 1.807) is 13.3 Å². The molecule has 0 aliphatic carbocycles. The Hall–Kier alpha value is -0.850. The molecular weight excluding hydrogens is 295 g/mol. The molecule has 0 unspecified atom stereocenters. The minimum atomic E-state index is -2.14. The van der Waals surface area contributed by atoms with Crippen molar-refractivity contribution in [1.29, 1.82) is 0 Å². The van der Waals surface area contributed by atoms with Crippen molar-refractivity contribution < 1.29 is 4.57 Å². The summed E-state index contributed by atoms with van der Waals surface area (Å²) in [5.74, 6) is 0. The molecule has 2 aromatic carbocycles. The predicted octanol–water partition coefficient (Wildman–Crippen LogP) is 4.36. The summed E-state index contributed by atoms with van der Waals surface area (Å²) in [6.45, 7) is 3.59. The monoisotopic (exact) mass is 308 g/mol. The van der Waals surface area contributed by atoms with Gasteiger partial charge in [0.25, 0.3) is 0 Å². The molecule has 0 aromatic heterocycles. The third kappa shape index (κ3) is 3.08. The molecule has 0 bridgehead atoms. The van der Waals surface area contributed by atoms with Gasteiger partial charge in [-0.2, -0.15) is 0 Å². The summed E-state index contributed by atoms with van der Waals surface area (Å²) in [6.07, 6.45) is 0. The van der Waals surface area contributed by atoms with Gasteiger partial charge in [0.05, 0.1) is 0 Å². The Morgan fingerprint density at radius 1 is 0.824 bits per heavy atom. The lowest BCUT2D eigenvalue weighted by molar-refractivity contribution is 0.588. The van der Waals surface area contributed by atoms with Crippen LogP contribution in [0.25, 0.3) is 11.1 Å². The van der Waals surface area contributed by atoms with Crippen molar-refractivity contribution in [1.82, 2.24) is 0 Å². The van der Waals surface area contributed by atoms with Crippen molar-refractivity contribution in [3.8, 4) is 11.1 Å². The Kier molecular flexibility index (Phi) is 3.56. The molecule has 88 valence electrons. The van der Waals surface area contributed by atoms with Crippen LogP contribution in [0.3, 0.4) is 0 Å². The normalized spacial score (nSPS) is 11.5. The Labute approximate surface area is 110 Å². The minimum absolute atomic E-state index is 0.929. The summed E-state index contributed by atoms with van der Waals surface area (Å²) in [5.41, 5.74) is 2.32. The summed E-state index contributed by atoms with van der Waals surface area (Å²) in [4.78, 5) is 0. The summed E-state index contributed by atoms with van der Waals surface area (Å²) < 4.78 is 13.0. The molecule has 1 nitrogen and oxygen atoms in total. The first-order valence-electron chi connectivity index (χ1n) is 5.38. The second kappa shape index (κ2) is 4.80. The van der Waals surface area contributed by atoms with Gasteiger partial charge in [0.2, 0.25) is 0 Å². The van der Waals surface area contributed by atoms with Crippen LogP contribution in [0, 0.1) is 0 Å². The van der Waals surface area contributed by atoms with Crippen molar-refractivity contribution in [2.45, 2.75) is 0 Å². The Balaban J connectivity index is 2.36. The SMILES string of the molecule is CP(C)(=O)c1ccc(-c2ccc(Br)cc2)cc1. The van der Waals surface area contributed by atoms with Crippen LogP contribution in [0.4, 0.5) is 0 Å². The second-order valence-corrected chi connectivity index (χ2v) is 8.54. The van der Waals surface area contributed by atoms with E-state index in [4.69, 9.17) is 0 Å². The zero-order valence-corrected chi connectivity index (χ0v) is 12.3. The summed E-state index contributed by atoms with van der Waals surface area (Å²) in [5, 5.41) is 0.929. The minimum Gasteiger partial charge on any atom is -0.319 e. The first kappa shape index (κ1) is 12.6. The number of rotatable bonds is 2. The van der Waals surface area contributed by atoms with E-state index in [9.17, 15) is 4.57 Å². The van der Waals surface area contributed by atoms with Crippen molar-refractivity contribution in [3.05, 3.63) is 53.0 Å². The van der Waals surface area contributed by atoms with Gasteiger partial charge in [-0.3, -0.25) is 0 Å². The molecule has 0 fully saturated rings. The van der Waals surface area contributed by atoms with E-state index in [0.717, 1.165) is 15.3 Å². The molecule has 2 rings (SSSR count). The third-order valence-corrected chi connectivity index (χ3v) is 4.74. The van der Waals surface area contributed by atoms with Crippen LogP contribution in [-0.4, -0.2) is 13.3 Å². The lowest BCUT2D eigenvalue weighted by atomic mass is 10.1. The molecule has 0 radical (unpaired) electrons. The summed E-state index contributed by atoms with van der Waals surface area (Å²) in [6, 6.07) is 16.1. The molecule has 0 aliphatic heterocycles. The van der Waals surface area contributed by atoms with E-state index in [2.05, 4.69) is 28.1 Å². The van der Waals surface area contributed by atoms with Gasteiger partial charge in [0.15, 0.2) is 0 Å². The first-order chi connectivity index (χ1) is 7.97. The van der Waals surface area contributed by atoms with Gasteiger partial charge >= 0.3 is 0 Å². The highest BCUT2D eigenvalue weighted by Gasteiger charge is 2.10. The van der Waals surface area contributed by atoms with E-state index in [1.165, 1.54) is 5.56 Å². The van der Waals surface area contributed by atoms with Crippen LogP contribution in [0.15, 0.2) is 53.0 Å². The van der Waals surface area contributed by atoms with Gasteiger partial charge in [-0.15, -0.1) is 0 Å². The molecule has 0 atom stereocenters. The van der Waals surface area contributed by atoms with Crippen molar-refractivity contribution >= 4 is 28.4 Å². The zero-order chi connectivity index (χ0) is 12.5. The van der Waals surface area contributed by atoms with Crippen LogP contribution in [0.1, 0.15) is 0 Å². The predicted molar refractivity (Wildman–Crippen MR) is 78.7 cm³/mol. The van der Waals surface area contributed by atoms with Crippen molar-refractivity contribution in [2.24, 2.45) is 0 Å². The van der Waals surface area contributed by atoms with E-state index in [-0.39, 0.29) is 0 Å². The van der Waals surface area contributed by atoms with Crippen molar-refractivity contribution in [3.63, 3.8) is 0 Å². The molecule has 0 spiro atoms. The van der Waals surface area contributed by atoms with Gasteiger partial charge in [-0.05, 0) is 36.6 Å². The van der Waals surface area contributed by atoms with E-state index < -0.39 is 7.14 Å². The molecule has 0 saturated carbocycles. The molecule has 0 aliphatic rings. The molecule has 0 saturated heterocycles. The molecule has 0 heterocycles. The maximum absolute atomic E-state index is 11.9. The smallest absolute Gasteiger partial charge is 0.109 e. The van der Waals surface area contributed by atoms with Gasteiger partial charge < -0.3 is 4.57 Å². The van der Waals surface area contributed by atoms with Gasteiger partial charge in [0, 0.05) is 9.78 Å². The standard InChI is InChI=1S/C14H14BrOP/c1-17(2,16)14-9-5-12(6-10-14)11-3-7-13(15)8-4-11/h3-10H,1-2H3. The Bertz CT molecular complexity index is 552. The van der Waals surface area contributed by atoms with Gasteiger partial charge in [0.1, 0.15) is 7.14 Å². The summed E-state index contributed by atoms with van der Waals surface area (Å²) in [7, 11) is -2.14. The molecule has 17 heavy (non-hydrogen) atoms. The maximum atomic E-state index is 11.9.